The van der Waals surface area contributed by atoms with E-state index in [1.54, 1.807) is 17.3 Å². The van der Waals surface area contributed by atoms with E-state index in [4.69, 9.17) is 9.47 Å². The van der Waals surface area contributed by atoms with Crippen molar-refractivity contribution in [2.45, 2.75) is 83.7 Å². The lowest BCUT2D eigenvalue weighted by Gasteiger charge is -2.34. The Morgan fingerprint density at radius 1 is 0.808 bits per heavy atom. The molecule has 280 valence electrons. The molecule has 0 saturated carbocycles. The van der Waals surface area contributed by atoms with Gasteiger partial charge in [-0.15, -0.1) is 22.7 Å². The molecule has 5 N–H and O–H groups in total. The molecule has 0 radical (unpaired) electrons. The molecule has 18 heteroatoms. The van der Waals surface area contributed by atoms with Gasteiger partial charge in [0, 0.05) is 31.7 Å². The summed E-state index contributed by atoms with van der Waals surface area (Å²) in [6.45, 7) is 8.78. The van der Waals surface area contributed by atoms with E-state index < -0.39 is 24.3 Å². The van der Waals surface area contributed by atoms with Crippen molar-refractivity contribution in [3.63, 3.8) is 0 Å². The molecule has 0 aliphatic carbocycles. The number of rotatable bonds is 11. The monoisotopic (exact) mass is 754 g/mol. The molecule has 4 amide bonds. The van der Waals surface area contributed by atoms with Crippen LogP contribution in [0.15, 0.2) is 24.8 Å². The lowest BCUT2D eigenvalue weighted by Crippen LogP contribution is -2.57. The van der Waals surface area contributed by atoms with Gasteiger partial charge in [-0.25, -0.2) is 24.5 Å². The van der Waals surface area contributed by atoms with Crippen LogP contribution in [0, 0.1) is 11.8 Å². The average Bonchev–Trinajstić information content (AvgIpc) is 3.98. The van der Waals surface area contributed by atoms with Crippen molar-refractivity contribution in [2.75, 3.05) is 27.3 Å². The number of carbonyl (C=O) groups excluding carboxylic acids is 4. The predicted octanol–water partition coefficient (Wildman–Crippen LogP) is 3.89. The Morgan fingerprint density at radius 3 is 2.02 bits per heavy atom. The number of likely N-dealkylation sites (tertiary alicyclic amines) is 2. The smallest absolute Gasteiger partial charge is 0.407 e. The standard InChI is InChI=1S/C34H46N10O6S2/c1-17(2)25(41-33(47)49-5)31(45)43-11-7-9-21(43)27-35-13-19(39-27)23-15-37-29(51-23)30-38-16-24(52-30)20-14-36-28(40-20)22-10-8-12-44(22)32(46)26(18(3)4)42-34(48)50-6/h13-18,21-22,25-27,35,39H,7-12H2,1-6H3,(H,36,40)(H,41,47)(H,42,48)/t21-,22-,25-,26-,27?/m0/s1. The number of nitrogens with zero attached hydrogens (tertiary/aromatic N) is 5. The minimum absolute atomic E-state index is 0.0993. The Bertz CT molecular complexity index is 1800. The van der Waals surface area contributed by atoms with E-state index in [1.807, 2.05) is 45.0 Å². The Balaban J connectivity index is 1.09. The fourth-order valence-electron chi connectivity index (χ4n) is 6.88. The van der Waals surface area contributed by atoms with Crippen LogP contribution in [-0.4, -0.2) is 105 Å². The van der Waals surface area contributed by atoms with Gasteiger partial charge in [0.1, 0.15) is 24.1 Å². The number of carbonyl (C=O) groups is 4. The summed E-state index contributed by atoms with van der Waals surface area (Å²) in [7, 11) is 2.57. The van der Waals surface area contributed by atoms with E-state index in [0.717, 1.165) is 56.8 Å². The number of thiazole rings is 2. The fraction of sp³-hybridized carbons (Fsp3) is 0.559. The second-order valence-electron chi connectivity index (χ2n) is 13.7. The lowest BCUT2D eigenvalue weighted by molar-refractivity contribution is -0.136. The maximum atomic E-state index is 13.6. The molecule has 6 heterocycles. The normalized spacial score (nSPS) is 21.1. The van der Waals surface area contributed by atoms with Crippen molar-refractivity contribution in [2.24, 2.45) is 11.8 Å². The van der Waals surface area contributed by atoms with Crippen LogP contribution < -0.4 is 21.3 Å². The highest BCUT2D eigenvalue weighted by Crippen LogP contribution is 2.37. The zero-order valence-corrected chi connectivity index (χ0v) is 31.7. The highest BCUT2D eigenvalue weighted by atomic mass is 32.1. The lowest BCUT2D eigenvalue weighted by atomic mass is 10.0. The Kier molecular flexibility index (Phi) is 11.3. The van der Waals surface area contributed by atoms with Gasteiger partial charge in [-0.2, -0.15) is 0 Å². The van der Waals surface area contributed by atoms with Crippen molar-refractivity contribution in [3.8, 4) is 20.6 Å². The molecule has 2 fully saturated rings. The van der Waals surface area contributed by atoms with Gasteiger partial charge in [0.15, 0.2) is 10.0 Å². The van der Waals surface area contributed by atoms with Crippen LogP contribution in [0.4, 0.5) is 9.59 Å². The Morgan fingerprint density at radius 2 is 1.38 bits per heavy atom. The van der Waals surface area contributed by atoms with Gasteiger partial charge in [0.05, 0.1) is 53.6 Å². The molecule has 0 bridgehead atoms. The summed E-state index contributed by atoms with van der Waals surface area (Å²) < 4.78 is 9.50. The Hall–Kier alpha value is -4.71. The number of methoxy groups -OCH3 is 2. The van der Waals surface area contributed by atoms with Crippen molar-refractivity contribution in [3.05, 3.63) is 35.5 Å². The van der Waals surface area contributed by atoms with Gasteiger partial charge in [0.25, 0.3) is 0 Å². The zero-order valence-electron chi connectivity index (χ0n) is 30.1. The van der Waals surface area contributed by atoms with Crippen LogP contribution in [0.1, 0.15) is 70.1 Å². The first-order valence-corrected chi connectivity index (χ1v) is 19.1. The number of aromatic amines is 1. The van der Waals surface area contributed by atoms with E-state index >= 15 is 0 Å². The van der Waals surface area contributed by atoms with Crippen molar-refractivity contribution < 1.29 is 28.7 Å². The van der Waals surface area contributed by atoms with Gasteiger partial charge in [-0.1, -0.05) is 27.7 Å². The average molecular weight is 755 g/mol. The van der Waals surface area contributed by atoms with Gasteiger partial charge in [-0.3, -0.25) is 9.59 Å². The van der Waals surface area contributed by atoms with E-state index in [2.05, 4.69) is 41.2 Å². The molecule has 0 aromatic carbocycles. The molecule has 1 unspecified atom stereocenters. The highest BCUT2D eigenvalue weighted by molar-refractivity contribution is 7.23. The molecule has 3 aliphatic heterocycles. The summed E-state index contributed by atoms with van der Waals surface area (Å²) in [5, 5.41) is 13.9. The molecule has 5 atom stereocenters. The van der Waals surface area contributed by atoms with Gasteiger partial charge < -0.3 is 45.5 Å². The number of imidazole rings is 1. The molecule has 52 heavy (non-hydrogen) atoms. The number of ether oxygens (including phenoxy) is 2. The predicted molar refractivity (Wildman–Crippen MR) is 196 cm³/mol. The number of hydrogen-bond acceptors (Lipinski definition) is 13. The first kappa shape index (κ1) is 37.1. The van der Waals surface area contributed by atoms with Crippen LogP contribution in [0.25, 0.3) is 26.3 Å². The first-order valence-electron chi connectivity index (χ1n) is 17.5. The van der Waals surface area contributed by atoms with Gasteiger partial charge in [-0.05, 0) is 37.5 Å². The van der Waals surface area contributed by atoms with Gasteiger partial charge in [0.2, 0.25) is 11.8 Å². The summed E-state index contributed by atoms with van der Waals surface area (Å²) in [6, 6.07) is -1.71. The summed E-state index contributed by atoms with van der Waals surface area (Å²) in [5.74, 6) is 0.199. The number of aromatic nitrogens is 4. The molecule has 16 nitrogen and oxygen atoms in total. The topological polar surface area (TPSA) is 196 Å². The largest absolute Gasteiger partial charge is 0.453 e. The molecular formula is C34H46N10O6S2. The van der Waals surface area contributed by atoms with Crippen LogP contribution in [-0.2, 0) is 19.1 Å². The number of alkyl carbamates (subject to hydrolysis) is 2. The van der Waals surface area contributed by atoms with Crippen molar-refractivity contribution in [1.82, 2.24) is 51.0 Å². The van der Waals surface area contributed by atoms with Crippen LogP contribution in [0.2, 0.25) is 0 Å². The van der Waals surface area contributed by atoms with Crippen molar-refractivity contribution in [1.29, 1.82) is 0 Å². The summed E-state index contributed by atoms with van der Waals surface area (Å²) in [4.78, 5) is 73.8. The van der Waals surface area contributed by atoms with Crippen molar-refractivity contribution >= 4 is 52.4 Å². The third-order valence-electron chi connectivity index (χ3n) is 9.64. The van der Waals surface area contributed by atoms with E-state index in [0.29, 0.717) is 18.9 Å². The molecule has 0 spiro atoms. The number of hydrogen-bond donors (Lipinski definition) is 5. The molecular weight excluding hydrogens is 709 g/mol. The number of nitrogens with one attached hydrogen (secondary N) is 5. The fourth-order valence-corrected chi connectivity index (χ4v) is 8.69. The number of H-pyrrole nitrogens is 1. The second-order valence-corrected chi connectivity index (χ2v) is 15.8. The summed E-state index contributed by atoms with van der Waals surface area (Å²) in [6.07, 6.45) is 9.13. The Labute approximate surface area is 310 Å². The van der Waals surface area contributed by atoms with E-state index in [1.165, 1.54) is 36.9 Å². The first-order chi connectivity index (χ1) is 25.0. The van der Waals surface area contributed by atoms with Crippen LogP contribution in [0.3, 0.4) is 0 Å². The summed E-state index contributed by atoms with van der Waals surface area (Å²) in [5.41, 5.74) is 1.68. The third kappa shape index (κ3) is 7.72. The van der Waals surface area contributed by atoms with E-state index in [9.17, 15) is 19.2 Å². The molecule has 3 aromatic heterocycles. The zero-order chi connectivity index (χ0) is 37.1. The second kappa shape index (κ2) is 15.9. The summed E-state index contributed by atoms with van der Waals surface area (Å²) >= 11 is 3.01. The molecule has 2 saturated heterocycles. The molecule has 3 aromatic rings. The maximum Gasteiger partial charge on any atom is 0.407 e. The number of amides is 4. The minimum atomic E-state index is -0.701. The highest BCUT2D eigenvalue weighted by Gasteiger charge is 2.41. The van der Waals surface area contributed by atoms with Gasteiger partial charge >= 0.3 is 12.2 Å². The maximum absolute atomic E-state index is 13.6. The van der Waals surface area contributed by atoms with Crippen LogP contribution in [0.5, 0.6) is 0 Å². The molecule has 3 aliphatic rings. The minimum Gasteiger partial charge on any atom is -0.453 e. The quantitative estimate of drug-likeness (QED) is 0.191. The SMILES string of the molecule is COC(=O)N[C@H](C(=O)N1CCC[C@H]1c1ncc(-c2cnc(-c3ncc(C4=CNC([C@@H]5CCCN5C(=O)[C@@H](NC(=O)OC)C(C)C)N4)s3)s2)[nH]1)C(C)C. The van der Waals surface area contributed by atoms with Crippen LogP contribution >= 0.6 is 22.7 Å². The molecule has 6 rings (SSSR count). The van der Waals surface area contributed by atoms with E-state index in [-0.39, 0.29) is 41.9 Å². The third-order valence-corrected chi connectivity index (χ3v) is 11.8.